The number of furan rings is 1. The van der Waals surface area contributed by atoms with Crippen LogP contribution in [0.1, 0.15) is 32.1 Å². The lowest BCUT2D eigenvalue weighted by Gasteiger charge is -2.16. The van der Waals surface area contributed by atoms with E-state index in [0.29, 0.717) is 5.76 Å². The van der Waals surface area contributed by atoms with Gasteiger partial charge in [0, 0.05) is 0 Å². The van der Waals surface area contributed by atoms with E-state index in [2.05, 4.69) is 0 Å². The van der Waals surface area contributed by atoms with E-state index < -0.39 is 9.92 Å². The van der Waals surface area contributed by atoms with Crippen LogP contribution in [0.15, 0.2) is 15.6 Å². The standard InChI is InChI=1S/C9H16N2O2S/c1-6-7(9(2,3)4)5-8(13-6)14(10,11)12/h5H,1-4H3,(H3,10,11,12). The van der Waals surface area contributed by atoms with Gasteiger partial charge in [0.15, 0.2) is 9.92 Å². The van der Waals surface area contributed by atoms with Crippen LogP contribution in [0.25, 0.3) is 0 Å². The topological polar surface area (TPSA) is 80.1 Å². The molecule has 0 saturated carbocycles. The van der Waals surface area contributed by atoms with Gasteiger partial charge in [0.25, 0.3) is 0 Å². The Balaban J connectivity index is 3.33. The molecule has 0 saturated heterocycles. The van der Waals surface area contributed by atoms with Gasteiger partial charge >= 0.3 is 0 Å². The zero-order valence-corrected chi connectivity index (χ0v) is 9.70. The van der Waals surface area contributed by atoms with Crippen LogP contribution in [0, 0.1) is 11.7 Å². The molecular formula is C9H16N2O2S. The third-order valence-corrected chi connectivity index (χ3v) is 2.80. The second-order valence-corrected chi connectivity index (χ2v) is 5.99. The fourth-order valence-corrected chi connectivity index (χ4v) is 1.89. The number of aryl methyl sites for hydroxylation is 1. The maximum absolute atomic E-state index is 11.2. The van der Waals surface area contributed by atoms with Crippen LogP contribution >= 0.6 is 0 Å². The fourth-order valence-electron chi connectivity index (χ4n) is 1.35. The SMILES string of the molecule is Cc1oc(S(=N)(N)=O)cc1C(C)(C)C. The molecule has 3 N–H and O–H groups in total. The molecule has 0 aliphatic carbocycles. The molecule has 4 nitrogen and oxygen atoms in total. The molecule has 1 rings (SSSR count). The van der Waals surface area contributed by atoms with Gasteiger partial charge in [-0.05, 0) is 24.0 Å². The highest BCUT2D eigenvalue weighted by atomic mass is 32.2. The van der Waals surface area contributed by atoms with E-state index in [1.165, 1.54) is 0 Å². The Morgan fingerprint density at radius 1 is 1.50 bits per heavy atom. The molecule has 0 fully saturated rings. The third kappa shape index (κ3) is 2.16. The Morgan fingerprint density at radius 3 is 2.21 bits per heavy atom. The van der Waals surface area contributed by atoms with Gasteiger partial charge in [0.1, 0.15) is 5.76 Å². The Kier molecular flexibility index (Phi) is 2.49. The number of hydrogen-bond donors (Lipinski definition) is 2. The van der Waals surface area contributed by atoms with Crippen molar-refractivity contribution in [1.82, 2.24) is 0 Å². The highest BCUT2D eigenvalue weighted by Gasteiger charge is 2.22. The van der Waals surface area contributed by atoms with E-state index in [1.54, 1.807) is 13.0 Å². The van der Waals surface area contributed by atoms with Gasteiger partial charge in [-0.3, -0.25) is 0 Å². The summed E-state index contributed by atoms with van der Waals surface area (Å²) in [5.74, 6) is 0.679. The van der Waals surface area contributed by atoms with Crippen molar-refractivity contribution >= 4 is 9.92 Å². The fraction of sp³-hybridized carbons (Fsp3) is 0.556. The zero-order chi connectivity index (χ0) is 11.1. The summed E-state index contributed by atoms with van der Waals surface area (Å²) in [6, 6.07) is 1.62. The summed E-state index contributed by atoms with van der Waals surface area (Å²) in [5.41, 5.74) is 0.856. The molecule has 1 unspecified atom stereocenters. The van der Waals surface area contributed by atoms with Gasteiger partial charge in [-0.2, -0.15) is 0 Å². The average molecular weight is 216 g/mol. The van der Waals surface area contributed by atoms with E-state index in [9.17, 15) is 4.21 Å². The molecule has 0 aromatic carbocycles. The molecule has 1 aromatic rings. The maximum atomic E-state index is 11.2. The smallest absolute Gasteiger partial charge is 0.213 e. The molecule has 80 valence electrons. The average Bonchev–Trinajstić information content (AvgIpc) is 2.27. The second kappa shape index (κ2) is 3.10. The van der Waals surface area contributed by atoms with Crippen LogP contribution in [0.5, 0.6) is 0 Å². The Morgan fingerprint density at radius 2 is 2.00 bits per heavy atom. The molecule has 0 spiro atoms. The summed E-state index contributed by atoms with van der Waals surface area (Å²) < 4.78 is 23.6. The van der Waals surface area contributed by atoms with Crippen molar-refractivity contribution in [2.45, 2.75) is 38.2 Å². The predicted octanol–water partition coefficient (Wildman–Crippen LogP) is 2.16. The third-order valence-electron chi connectivity index (χ3n) is 2.00. The molecular weight excluding hydrogens is 200 g/mol. The Hall–Kier alpha value is -0.810. The molecule has 1 aromatic heterocycles. The Labute approximate surface area is 84.6 Å². The van der Waals surface area contributed by atoms with Crippen LogP contribution in [-0.2, 0) is 15.3 Å². The van der Waals surface area contributed by atoms with Crippen LogP contribution in [0.3, 0.4) is 0 Å². The van der Waals surface area contributed by atoms with Crippen molar-refractivity contribution in [3.8, 4) is 0 Å². The summed E-state index contributed by atoms with van der Waals surface area (Å²) in [6.07, 6.45) is 0. The first-order chi connectivity index (χ1) is 6.12. The van der Waals surface area contributed by atoms with E-state index in [0.717, 1.165) is 5.56 Å². The first kappa shape index (κ1) is 11.3. The van der Waals surface area contributed by atoms with Gasteiger partial charge in [-0.1, -0.05) is 20.8 Å². The van der Waals surface area contributed by atoms with Gasteiger partial charge < -0.3 is 4.42 Å². The number of hydrogen-bond acceptors (Lipinski definition) is 3. The number of nitrogens with two attached hydrogens (primary N) is 1. The molecule has 0 bridgehead atoms. The normalized spacial score (nSPS) is 16.6. The maximum Gasteiger partial charge on any atom is 0.213 e. The minimum atomic E-state index is -3.23. The molecule has 14 heavy (non-hydrogen) atoms. The molecule has 0 radical (unpaired) electrons. The molecule has 5 heteroatoms. The first-order valence-corrected chi connectivity index (χ1v) is 5.92. The first-order valence-electron chi connectivity index (χ1n) is 4.30. The lowest BCUT2D eigenvalue weighted by atomic mass is 9.87. The number of nitrogens with one attached hydrogen (secondary N) is 1. The Bertz CT molecular complexity index is 438. The molecule has 0 aliphatic heterocycles. The minimum Gasteiger partial charge on any atom is -0.450 e. The largest absolute Gasteiger partial charge is 0.450 e. The summed E-state index contributed by atoms with van der Waals surface area (Å²) in [4.78, 5) is 0. The molecule has 1 atom stereocenters. The van der Waals surface area contributed by atoms with Gasteiger partial charge in [0.05, 0.1) is 0 Å². The van der Waals surface area contributed by atoms with Crippen molar-refractivity contribution < 1.29 is 8.63 Å². The van der Waals surface area contributed by atoms with Crippen LogP contribution < -0.4 is 5.14 Å². The highest BCUT2D eigenvalue weighted by molar-refractivity contribution is 7.90. The van der Waals surface area contributed by atoms with Crippen molar-refractivity contribution in [2.24, 2.45) is 5.14 Å². The van der Waals surface area contributed by atoms with E-state index in [1.807, 2.05) is 20.8 Å². The quantitative estimate of drug-likeness (QED) is 0.754. The van der Waals surface area contributed by atoms with Crippen molar-refractivity contribution in [3.63, 3.8) is 0 Å². The van der Waals surface area contributed by atoms with Crippen molar-refractivity contribution in [1.29, 1.82) is 4.78 Å². The van der Waals surface area contributed by atoms with Crippen LogP contribution in [0.4, 0.5) is 0 Å². The van der Waals surface area contributed by atoms with E-state index in [4.69, 9.17) is 14.3 Å². The summed E-state index contributed by atoms with van der Waals surface area (Å²) in [6.45, 7) is 7.86. The zero-order valence-electron chi connectivity index (χ0n) is 8.88. The minimum absolute atomic E-state index is 0.0555. The summed E-state index contributed by atoms with van der Waals surface area (Å²) in [7, 11) is -3.23. The monoisotopic (exact) mass is 216 g/mol. The van der Waals surface area contributed by atoms with Crippen LogP contribution in [0.2, 0.25) is 0 Å². The van der Waals surface area contributed by atoms with Gasteiger partial charge in [0.2, 0.25) is 5.09 Å². The summed E-state index contributed by atoms with van der Waals surface area (Å²) >= 11 is 0. The van der Waals surface area contributed by atoms with Crippen LogP contribution in [-0.4, -0.2) is 4.21 Å². The highest BCUT2D eigenvalue weighted by Crippen LogP contribution is 2.29. The summed E-state index contributed by atoms with van der Waals surface area (Å²) in [5, 5.41) is 5.24. The van der Waals surface area contributed by atoms with E-state index in [-0.39, 0.29) is 10.5 Å². The molecule has 0 amide bonds. The molecule has 1 heterocycles. The van der Waals surface area contributed by atoms with Crippen molar-refractivity contribution in [2.75, 3.05) is 0 Å². The lowest BCUT2D eigenvalue weighted by Crippen LogP contribution is -2.12. The van der Waals surface area contributed by atoms with Gasteiger partial charge in [-0.25, -0.2) is 14.1 Å². The van der Waals surface area contributed by atoms with Crippen molar-refractivity contribution in [3.05, 3.63) is 17.4 Å². The van der Waals surface area contributed by atoms with E-state index >= 15 is 0 Å². The van der Waals surface area contributed by atoms with Gasteiger partial charge in [-0.15, -0.1) is 0 Å². The molecule has 0 aliphatic rings. The predicted molar refractivity (Wildman–Crippen MR) is 55.5 cm³/mol. The lowest BCUT2D eigenvalue weighted by molar-refractivity contribution is 0.431. The second-order valence-electron chi connectivity index (χ2n) is 4.39. The number of rotatable bonds is 1.